The largest absolute Gasteiger partial charge is 0.348 e. The first kappa shape index (κ1) is 18.6. The molecule has 0 aliphatic carbocycles. The smallest absolute Gasteiger partial charge is 0.270 e. The van der Waals surface area contributed by atoms with Crippen molar-refractivity contribution in [2.45, 2.75) is 31.8 Å². The Morgan fingerprint density at radius 1 is 1.47 bits per heavy atom. The van der Waals surface area contributed by atoms with Gasteiger partial charge in [0.05, 0.1) is 0 Å². The molecule has 1 aliphatic heterocycles. The van der Waals surface area contributed by atoms with E-state index in [2.05, 4.69) is 38.5 Å². The number of halogens is 3. The highest BCUT2D eigenvalue weighted by molar-refractivity contribution is 9.10. The average Bonchev–Trinajstić information content (AvgIpc) is 2.29. The molecule has 2 N–H and O–H groups in total. The van der Waals surface area contributed by atoms with Gasteiger partial charge in [0.25, 0.3) is 5.91 Å². The molecule has 4 nitrogen and oxygen atoms in total. The molecule has 2 atom stereocenters. The van der Waals surface area contributed by atoms with E-state index in [4.69, 9.17) is 0 Å². The Labute approximate surface area is 134 Å². The van der Waals surface area contributed by atoms with Gasteiger partial charge in [0, 0.05) is 22.8 Å². The summed E-state index contributed by atoms with van der Waals surface area (Å²) in [6.45, 7) is 3.09. The van der Waals surface area contributed by atoms with Crippen molar-refractivity contribution in [1.82, 2.24) is 15.6 Å². The number of carbonyl (C=O) groups is 1. The second-order valence-electron chi connectivity index (χ2n) is 4.41. The van der Waals surface area contributed by atoms with Gasteiger partial charge in [-0.1, -0.05) is 0 Å². The number of aromatic nitrogens is 1. The molecule has 0 radical (unpaired) electrons. The molecule has 1 fully saturated rings. The van der Waals surface area contributed by atoms with Crippen LogP contribution in [0.2, 0.25) is 0 Å². The van der Waals surface area contributed by atoms with E-state index >= 15 is 0 Å². The molecule has 2 heterocycles. The minimum Gasteiger partial charge on any atom is -0.348 e. The first-order valence-electron chi connectivity index (χ1n) is 5.81. The van der Waals surface area contributed by atoms with Gasteiger partial charge in [-0.3, -0.25) is 4.79 Å². The van der Waals surface area contributed by atoms with Crippen molar-refractivity contribution in [3.05, 3.63) is 28.5 Å². The van der Waals surface area contributed by atoms with Crippen LogP contribution in [0.3, 0.4) is 0 Å². The number of nitrogens with zero attached hydrogens (tertiary/aromatic N) is 1. The maximum atomic E-state index is 11.9. The fraction of sp³-hybridized carbons (Fsp3) is 0.500. The Morgan fingerprint density at radius 3 is 2.79 bits per heavy atom. The molecule has 2 unspecified atom stereocenters. The second kappa shape index (κ2) is 8.74. The van der Waals surface area contributed by atoms with Crippen molar-refractivity contribution in [3.63, 3.8) is 0 Å². The van der Waals surface area contributed by atoms with Crippen LogP contribution in [0.25, 0.3) is 0 Å². The van der Waals surface area contributed by atoms with Gasteiger partial charge >= 0.3 is 0 Å². The third-order valence-corrected chi connectivity index (χ3v) is 3.39. The number of carbonyl (C=O) groups excluding carboxylic acids is 1. The third-order valence-electron chi connectivity index (χ3n) is 2.92. The minimum atomic E-state index is -0.0865. The van der Waals surface area contributed by atoms with E-state index in [1.165, 1.54) is 0 Å². The van der Waals surface area contributed by atoms with Gasteiger partial charge in [-0.05, 0) is 54.4 Å². The van der Waals surface area contributed by atoms with Crippen LogP contribution in [0.15, 0.2) is 22.8 Å². The fourth-order valence-electron chi connectivity index (χ4n) is 2.03. The Morgan fingerprint density at radius 2 is 2.21 bits per heavy atom. The first-order chi connectivity index (χ1) is 8.15. The predicted octanol–water partition coefficient (Wildman–Crippen LogP) is 2.56. The molecule has 1 saturated heterocycles. The quantitative estimate of drug-likeness (QED) is 0.841. The predicted molar refractivity (Wildman–Crippen MR) is 84.4 cm³/mol. The van der Waals surface area contributed by atoms with Gasteiger partial charge in [0.2, 0.25) is 0 Å². The molecule has 7 heteroatoms. The number of pyridine rings is 1. The molecule has 1 aromatic rings. The lowest BCUT2D eigenvalue weighted by atomic mass is 10.0. The highest BCUT2D eigenvalue weighted by atomic mass is 79.9. The van der Waals surface area contributed by atoms with E-state index in [0.717, 1.165) is 23.9 Å². The van der Waals surface area contributed by atoms with Crippen LogP contribution < -0.4 is 10.6 Å². The summed E-state index contributed by atoms with van der Waals surface area (Å²) >= 11 is 3.30. The molecule has 1 aromatic heterocycles. The van der Waals surface area contributed by atoms with Crippen LogP contribution in [-0.4, -0.2) is 29.5 Å². The zero-order valence-corrected chi connectivity index (χ0v) is 13.8. The summed E-state index contributed by atoms with van der Waals surface area (Å²) in [5, 5.41) is 6.39. The molecule has 0 spiro atoms. The van der Waals surface area contributed by atoms with E-state index < -0.39 is 0 Å². The van der Waals surface area contributed by atoms with Gasteiger partial charge in [0.15, 0.2) is 0 Å². The minimum absolute atomic E-state index is 0. The molecular formula is C12H18BrCl2N3O. The van der Waals surface area contributed by atoms with E-state index in [1.54, 1.807) is 12.3 Å². The molecule has 2 rings (SSSR count). The lowest BCUT2D eigenvalue weighted by Gasteiger charge is -2.28. The van der Waals surface area contributed by atoms with E-state index in [0.29, 0.717) is 11.7 Å². The summed E-state index contributed by atoms with van der Waals surface area (Å²) in [7, 11) is 0. The van der Waals surface area contributed by atoms with Crippen molar-refractivity contribution in [3.8, 4) is 0 Å². The van der Waals surface area contributed by atoms with E-state index in [9.17, 15) is 4.79 Å². The number of rotatable bonds is 2. The Hall–Kier alpha value is -0.360. The molecule has 19 heavy (non-hydrogen) atoms. The first-order valence-corrected chi connectivity index (χ1v) is 6.60. The highest BCUT2D eigenvalue weighted by Crippen LogP contribution is 2.10. The van der Waals surface area contributed by atoms with Crippen molar-refractivity contribution < 1.29 is 4.79 Å². The van der Waals surface area contributed by atoms with Gasteiger partial charge in [-0.15, -0.1) is 24.8 Å². The molecular weight excluding hydrogens is 353 g/mol. The monoisotopic (exact) mass is 369 g/mol. The molecule has 1 amide bonds. The standard InChI is InChI=1S/C12H16BrN3O.2ClH/c1-8-6-10(4-5-14-8)16-12(17)11-3-2-9(13)7-15-11;;/h2-3,7-8,10,14H,4-6H2,1H3,(H,16,17);2*1H. The molecule has 0 aromatic carbocycles. The Kier molecular flexibility index (Phi) is 8.57. The van der Waals surface area contributed by atoms with Crippen LogP contribution in [0.5, 0.6) is 0 Å². The number of hydrogen-bond donors (Lipinski definition) is 2. The number of hydrogen-bond acceptors (Lipinski definition) is 3. The van der Waals surface area contributed by atoms with Crippen molar-refractivity contribution >= 4 is 46.7 Å². The third kappa shape index (κ3) is 5.65. The van der Waals surface area contributed by atoms with Crippen LogP contribution >= 0.6 is 40.7 Å². The lowest BCUT2D eigenvalue weighted by molar-refractivity contribution is 0.0920. The normalized spacial score (nSPS) is 21.8. The van der Waals surface area contributed by atoms with Crippen molar-refractivity contribution in [1.29, 1.82) is 0 Å². The maximum Gasteiger partial charge on any atom is 0.270 e. The summed E-state index contributed by atoms with van der Waals surface area (Å²) in [5.74, 6) is -0.0865. The van der Waals surface area contributed by atoms with Gasteiger partial charge < -0.3 is 10.6 Å². The van der Waals surface area contributed by atoms with Crippen LogP contribution in [0, 0.1) is 0 Å². The van der Waals surface area contributed by atoms with Gasteiger partial charge in [-0.2, -0.15) is 0 Å². The van der Waals surface area contributed by atoms with Crippen LogP contribution in [0.4, 0.5) is 0 Å². The molecule has 0 bridgehead atoms. The SMILES string of the molecule is CC1CC(NC(=O)c2ccc(Br)cn2)CCN1.Cl.Cl. The maximum absolute atomic E-state index is 11.9. The number of amides is 1. The molecule has 108 valence electrons. The number of nitrogens with one attached hydrogen (secondary N) is 2. The second-order valence-corrected chi connectivity index (χ2v) is 5.33. The zero-order valence-electron chi connectivity index (χ0n) is 10.6. The summed E-state index contributed by atoms with van der Waals surface area (Å²) in [6, 6.07) is 4.27. The van der Waals surface area contributed by atoms with Gasteiger partial charge in [0.1, 0.15) is 5.69 Å². The highest BCUT2D eigenvalue weighted by Gasteiger charge is 2.20. The lowest BCUT2D eigenvalue weighted by Crippen LogP contribution is -2.46. The molecule has 1 aliphatic rings. The Bertz CT molecular complexity index is 402. The fourth-order valence-corrected chi connectivity index (χ4v) is 2.27. The summed E-state index contributed by atoms with van der Waals surface area (Å²) in [4.78, 5) is 16.0. The summed E-state index contributed by atoms with van der Waals surface area (Å²) < 4.78 is 0.879. The topological polar surface area (TPSA) is 54.0 Å². The van der Waals surface area contributed by atoms with Gasteiger partial charge in [-0.25, -0.2) is 4.98 Å². The average molecular weight is 371 g/mol. The van der Waals surface area contributed by atoms with Crippen LogP contribution in [-0.2, 0) is 0 Å². The summed E-state index contributed by atoms with van der Waals surface area (Å²) in [6.07, 6.45) is 3.59. The number of piperidine rings is 1. The van der Waals surface area contributed by atoms with Crippen molar-refractivity contribution in [2.24, 2.45) is 0 Å². The van der Waals surface area contributed by atoms with E-state index in [-0.39, 0.29) is 36.8 Å². The van der Waals surface area contributed by atoms with E-state index in [1.807, 2.05) is 6.07 Å². The van der Waals surface area contributed by atoms with Crippen molar-refractivity contribution in [2.75, 3.05) is 6.54 Å². The zero-order chi connectivity index (χ0) is 12.3. The van der Waals surface area contributed by atoms with Crippen LogP contribution in [0.1, 0.15) is 30.3 Å². The Balaban J connectivity index is 0.00000162. The summed E-state index contributed by atoms with van der Waals surface area (Å²) in [5.41, 5.74) is 0.472. The molecule has 0 saturated carbocycles.